The number of fused-ring (bicyclic) bond motifs is 1. The molecule has 13 heavy (non-hydrogen) atoms. The quantitative estimate of drug-likeness (QED) is 0.665. The van der Waals surface area contributed by atoms with Crippen LogP contribution in [0.3, 0.4) is 0 Å². The maximum Gasteiger partial charge on any atom is 0.207 e. The Balaban J connectivity index is 2.39. The summed E-state index contributed by atoms with van der Waals surface area (Å²) < 4.78 is 0. The van der Waals surface area contributed by atoms with Crippen molar-refractivity contribution in [1.82, 2.24) is 5.32 Å². The molecule has 1 aromatic rings. The Hall–Kier alpha value is -1.51. The molecule has 1 aliphatic carbocycles. The smallest absolute Gasteiger partial charge is 0.207 e. The zero-order chi connectivity index (χ0) is 9.26. The van der Waals surface area contributed by atoms with E-state index >= 15 is 0 Å². The van der Waals surface area contributed by atoms with Gasteiger partial charge in [0.05, 0.1) is 6.04 Å². The summed E-state index contributed by atoms with van der Waals surface area (Å²) in [4.78, 5) is 10.3. The van der Waals surface area contributed by atoms with Crippen molar-refractivity contribution in [2.45, 2.75) is 18.9 Å². The average Bonchev–Trinajstić information content (AvgIpc) is 2.51. The number of hydrogen-bond acceptors (Lipinski definition) is 2. The lowest BCUT2D eigenvalue weighted by atomic mass is 10.1. The molecular formula is C10H11NO2. The maximum atomic E-state index is 10.3. The molecule has 0 fully saturated rings. The Kier molecular flexibility index (Phi) is 1.93. The van der Waals surface area contributed by atoms with Gasteiger partial charge in [-0.2, -0.15) is 0 Å². The van der Waals surface area contributed by atoms with Gasteiger partial charge in [0, 0.05) is 5.56 Å². The highest BCUT2D eigenvalue weighted by atomic mass is 16.3. The molecule has 3 heteroatoms. The number of carbonyl (C=O) groups excluding carboxylic acids is 1. The second-order valence-corrected chi connectivity index (χ2v) is 3.23. The van der Waals surface area contributed by atoms with Crippen LogP contribution in [0.15, 0.2) is 18.2 Å². The molecule has 1 atom stereocenters. The number of rotatable bonds is 2. The fourth-order valence-electron chi connectivity index (χ4n) is 1.91. The van der Waals surface area contributed by atoms with E-state index < -0.39 is 0 Å². The van der Waals surface area contributed by atoms with Gasteiger partial charge in [0.2, 0.25) is 6.41 Å². The van der Waals surface area contributed by atoms with Crippen LogP contribution in [0.4, 0.5) is 0 Å². The first-order valence-corrected chi connectivity index (χ1v) is 4.33. The van der Waals surface area contributed by atoms with Crippen LogP contribution >= 0.6 is 0 Å². The zero-order valence-corrected chi connectivity index (χ0v) is 7.16. The first kappa shape index (κ1) is 8.10. The molecule has 0 aromatic heterocycles. The number of aryl methyl sites for hydroxylation is 1. The van der Waals surface area contributed by atoms with E-state index in [9.17, 15) is 9.90 Å². The zero-order valence-electron chi connectivity index (χ0n) is 7.16. The summed E-state index contributed by atoms with van der Waals surface area (Å²) in [6, 6.07) is 5.47. The number of phenols is 1. The molecule has 3 nitrogen and oxygen atoms in total. The standard InChI is InChI=1S/C10H11NO2/c12-6-11-8-5-4-7-2-1-3-9(13)10(7)8/h1-3,6,8,13H,4-5H2,(H,11,12)/t8-/m0/s1. The Morgan fingerprint density at radius 1 is 1.54 bits per heavy atom. The fraction of sp³-hybridized carbons (Fsp3) is 0.300. The molecule has 1 aliphatic rings. The van der Waals surface area contributed by atoms with Gasteiger partial charge in [-0.3, -0.25) is 4.79 Å². The van der Waals surface area contributed by atoms with Gasteiger partial charge in [0.15, 0.2) is 0 Å². The van der Waals surface area contributed by atoms with Gasteiger partial charge in [-0.25, -0.2) is 0 Å². The summed E-state index contributed by atoms with van der Waals surface area (Å²) >= 11 is 0. The molecule has 0 bridgehead atoms. The van der Waals surface area contributed by atoms with E-state index in [2.05, 4.69) is 5.32 Å². The highest BCUT2D eigenvalue weighted by Crippen LogP contribution is 2.36. The second-order valence-electron chi connectivity index (χ2n) is 3.23. The molecule has 2 N–H and O–H groups in total. The Morgan fingerprint density at radius 2 is 2.38 bits per heavy atom. The normalized spacial score (nSPS) is 19.5. The molecule has 0 saturated heterocycles. The van der Waals surface area contributed by atoms with Gasteiger partial charge < -0.3 is 10.4 Å². The fourth-order valence-corrected chi connectivity index (χ4v) is 1.91. The minimum atomic E-state index is -0.00583. The van der Waals surface area contributed by atoms with Crippen LogP contribution in [0.2, 0.25) is 0 Å². The van der Waals surface area contributed by atoms with Crippen LogP contribution in [0.25, 0.3) is 0 Å². The van der Waals surface area contributed by atoms with Crippen molar-refractivity contribution in [3.8, 4) is 5.75 Å². The SMILES string of the molecule is O=CN[C@H]1CCc2cccc(O)c21. The lowest BCUT2D eigenvalue weighted by Gasteiger charge is -2.10. The van der Waals surface area contributed by atoms with E-state index in [1.165, 1.54) is 0 Å². The van der Waals surface area contributed by atoms with Crippen molar-refractivity contribution in [3.63, 3.8) is 0 Å². The molecule has 0 unspecified atom stereocenters. The van der Waals surface area contributed by atoms with E-state index in [1.54, 1.807) is 6.07 Å². The molecule has 68 valence electrons. The molecule has 0 heterocycles. The van der Waals surface area contributed by atoms with Crippen molar-refractivity contribution >= 4 is 6.41 Å². The third-order valence-electron chi connectivity index (χ3n) is 2.49. The number of amides is 1. The lowest BCUT2D eigenvalue weighted by Crippen LogP contribution is -2.16. The van der Waals surface area contributed by atoms with Gasteiger partial charge >= 0.3 is 0 Å². The van der Waals surface area contributed by atoms with E-state index in [0.29, 0.717) is 6.41 Å². The summed E-state index contributed by atoms with van der Waals surface area (Å²) in [6.45, 7) is 0. The van der Waals surface area contributed by atoms with Crippen molar-refractivity contribution in [1.29, 1.82) is 0 Å². The summed E-state index contributed by atoms with van der Waals surface area (Å²) in [6.07, 6.45) is 2.49. The third kappa shape index (κ3) is 1.26. The van der Waals surface area contributed by atoms with E-state index in [0.717, 1.165) is 24.0 Å². The third-order valence-corrected chi connectivity index (χ3v) is 2.49. The predicted molar refractivity (Wildman–Crippen MR) is 48.4 cm³/mol. The number of hydrogen-bond donors (Lipinski definition) is 2. The molecule has 2 rings (SSSR count). The highest BCUT2D eigenvalue weighted by molar-refractivity contribution is 5.52. The highest BCUT2D eigenvalue weighted by Gasteiger charge is 2.24. The summed E-state index contributed by atoms with van der Waals surface area (Å²) in [7, 11) is 0. The number of aromatic hydroxyl groups is 1. The minimum Gasteiger partial charge on any atom is -0.508 e. The molecule has 1 aromatic carbocycles. The number of phenolic OH excluding ortho intramolecular Hbond substituents is 1. The topological polar surface area (TPSA) is 49.3 Å². The van der Waals surface area contributed by atoms with Crippen molar-refractivity contribution < 1.29 is 9.90 Å². The Morgan fingerprint density at radius 3 is 3.15 bits per heavy atom. The van der Waals surface area contributed by atoms with Crippen LogP contribution in [0, 0.1) is 0 Å². The van der Waals surface area contributed by atoms with Crippen molar-refractivity contribution in [2.24, 2.45) is 0 Å². The van der Waals surface area contributed by atoms with Gasteiger partial charge in [-0.05, 0) is 24.5 Å². The van der Waals surface area contributed by atoms with E-state index in [-0.39, 0.29) is 11.8 Å². The predicted octanol–water partition coefficient (Wildman–Crippen LogP) is 1.13. The summed E-state index contributed by atoms with van der Waals surface area (Å²) in [5, 5.41) is 12.3. The molecule has 0 radical (unpaired) electrons. The largest absolute Gasteiger partial charge is 0.508 e. The molecule has 1 amide bonds. The van der Waals surface area contributed by atoms with Gasteiger partial charge in [0.1, 0.15) is 5.75 Å². The van der Waals surface area contributed by atoms with Crippen molar-refractivity contribution in [2.75, 3.05) is 0 Å². The molecule has 0 saturated carbocycles. The second kappa shape index (κ2) is 3.09. The van der Waals surface area contributed by atoms with Gasteiger partial charge in [-0.1, -0.05) is 12.1 Å². The van der Waals surface area contributed by atoms with Crippen LogP contribution in [0.1, 0.15) is 23.6 Å². The first-order valence-electron chi connectivity index (χ1n) is 4.33. The molecule has 0 aliphatic heterocycles. The Bertz CT molecular complexity index is 336. The minimum absolute atomic E-state index is 0.00583. The van der Waals surface area contributed by atoms with Crippen LogP contribution < -0.4 is 5.32 Å². The van der Waals surface area contributed by atoms with Crippen LogP contribution in [-0.2, 0) is 11.2 Å². The number of nitrogens with one attached hydrogen (secondary N) is 1. The first-order chi connectivity index (χ1) is 6.33. The lowest BCUT2D eigenvalue weighted by molar-refractivity contribution is -0.110. The number of carbonyl (C=O) groups is 1. The Labute approximate surface area is 76.4 Å². The molecular weight excluding hydrogens is 166 g/mol. The molecule has 0 spiro atoms. The summed E-state index contributed by atoms with van der Waals surface area (Å²) in [5.74, 6) is 0.286. The average molecular weight is 177 g/mol. The maximum absolute atomic E-state index is 10.3. The van der Waals surface area contributed by atoms with Gasteiger partial charge in [-0.15, -0.1) is 0 Å². The van der Waals surface area contributed by atoms with E-state index in [4.69, 9.17) is 0 Å². The van der Waals surface area contributed by atoms with E-state index in [1.807, 2.05) is 12.1 Å². The number of benzene rings is 1. The van der Waals surface area contributed by atoms with Crippen LogP contribution in [0.5, 0.6) is 5.75 Å². The van der Waals surface area contributed by atoms with Crippen molar-refractivity contribution in [3.05, 3.63) is 29.3 Å². The van der Waals surface area contributed by atoms with Gasteiger partial charge in [0.25, 0.3) is 0 Å². The van der Waals surface area contributed by atoms with Crippen LogP contribution in [-0.4, -0.2) is 11.5 Å². The monoisotopic (exact) mass is 177 g/mol. The summed E-state index contributed by atoms with van der Waals surface area (Å²) in [5.41, 5.74) is 2.02.